The number of carbonyl (C=O) groups excluding carboxylic acids is 2. The van der Waals surface area contributed by atoms with Gasteiger partial charge < -0.3 is 14.1 Å². The number of amides is 1. The Hall–Kier alpha value is -3.85. The zero-order valence-corrected chi connectivity index (χ0v) is 19.1. The zero-order chi connectivity index (χ0) is 23.3. The van der Waals surface area contributed by atoms with Crippen molar-refractivity contribution in [3.05, 3.63) is 84.1 Å². The first-order chi connectivity index (χ1) is 16.7. The van der Waals surface area contributed by atoms with Crippen molar-refractivity contribution in [2.45, 2.75) is 18.1 Å². The standard InChI is InChI=1S/C25H22N4O4S/c30-22(28-13-12-19-9-4-5-10-20(19)28)16-33-23(31)17-34-25-27-26-24(21-11-6-14-32-21)29(25)15-18-7-2-1-3-8-18/h1-11,14H,12-13,15-17H2. The molecule has 0 saturated heterocycles. The second kappa shape index (κ2) is 9.96. The molecule has 34 heavy (non-hydrogen) atoms. The highest BCUT2D eigenvalue weighted by atomic mass is 32.2. The predicted molar refractivity (Wildman–Crippen MR) is 127 cm³/mol. The number of carbonyl (C=O) groups is 2. The van der Waals surface area contributed by atoms with Crippen LogP contribution >= 0.6 is 11.8 Å². The molecule has 0 atom stereocenters. The minimum Gasteiger partial charge on any atom is -0.461 e. The lowest BCUT2D eigenvalue weighted by molar-refractivity contribution is -0.145. The largest absolute Gasteiger partial charge is 0.461 e. The maximum Gasteiger partial charge on any atom is 0.316 e. The van der Waals surface area contributed by atoms with Crippen molar-refractivity contribution in [3.63, 3.8) is 0 Å². The van der Waals surface area contributed by atoms with Gasteiger partial charge in [-0.15, -0.1) is 10.2 Å². The van der Waals surface area contributed by atoms with Crippen LogP contribution in [0.2, 0.25) is 0 Å². The van der Waals surface area contributed by atoms with Crippen molar-refractivity contribution in [2.24, 2.45) is 0 Å². The maximum absolute atomic E-state index is 12.6. The summed E-state index contributed by atoms with van der Waals surface area (Å²) in [7, 11) is 0. The number of anilines is 1. The van der Waals surface area contributed by atoms with Crippen molar-refractivity contribution in [3.8, 4) is 11.6 Å². The van der Waals surface area contributed by atoms with Crippen LogP contribution in [0.15, 0.2) is 82.6 Å². The molecular formula is C25H22N4O4S. The Morgan fingerprint density at radius 1 is 1.00 bits per heavy atom. The molecular weight excluding hydrogens is 452 g/mol. The lowest BCUT2D eigenvalue weighted by Gasteiger charge is -2.17. The molecule has 4 aromatic rings. The number of aromatic nitrogens is 3. The Kier molecular flexibility index (Phi) is 6.44. The van der Waals surface area contributed by atoms with E-state index in [1.807, 2.05) is 65.2 Å². The highest BCUT2D eigenvalue weighted by molar-refractivity contribution is 7.99. The third kappa shape index (κ3) is 4.74. The van der Waals surface area contributed by atoms with Crippen LogP contribution in [0.1, 0.15) is 11.1 Å². The Balaban J connectivity index is 1.22. The van der Waals surface area contributed by atoms with E-state index in [2.05, 4.69) is 10.2 Å². The Morgan fingerprint density at radius 3 is 2.65 bits per heavy atom. The van der Waals surface area contributed by atoms with Gasteiger partial charge in [0.1, 0.15) is 0 Å². The topological polar surface area (TPSA) is 90.5 Å². The van der Waals surface area contributed by atoms with E-state index in [0.29, 0.717) is 29.8 Å². The van der Waals surface area contributed by atoms with Gasteiger partial charge >= 0.3 is 5.97 Å². The van der Waals surface area contributed by atoms with Gasteiger partial charge in [-0.1, -0.05) is 60.3 Å². The molecule has 1 aliphatic rings. The van der Waals surface area contributed by atoms with Gasteiger partial charge in [-0.2, -0.15) is 0 Å². The van der Waals surface area contributed by atoms with Gasteiger partial charge in [0, 0.05) is 12.2 Å². The molecule has 172 valence electrons. The van der Waals surface area contributed by atoms with Crippen LogP contribution in [0, 0.1) is 0 Å². The van der Waals surface area contributed by atoms with Crippen molar-refractivity contribution < 1.29 is 18.7 Å². The Labute approximate surface area is 200 Å². The van der Waals surface area contributed by atoms with E-state index in [4.69, 9.17) is 9.15 Å². The quantitative estimate of drug-likeness (QED) is 0.283. The van der Waals surface area contributed by atoms with E-state index in [-0.39, 0.29) is 18.3 Å². The van der Waals surface area contributed by atoms with Crippen molar-refractivity contribution in [1.29, 1.82) is 0 Å². The zero-order valence-electron chi connectivity index (χ0n) is 18.3. The van der Waals surface area contributed by atoms with Crippen LogP contribution < -0.4 is 4.90 Å². The Morgan fingerprint density at radius 2 is 1.82 bits per heavy atom. The minimum atomic E-state index is -0.486. The molecule has 0 spiro atoms. The number of ether oxygens (including phenoxy) is 1. The number of thioether (sulfide) groups is 1. The number of rotatable bonds is 8. The summed E-state index contributed by atoms with van der Waals surface area (Å²) in [6, 6.07) is 21.3. The van der Waals surface area contributed by atoms with Gasteiger partial charge in [0.25, 0.3) is 5.91 Å². The van der Waals surface area contributed by atoms with E-state index in [1.54, 1.807) is 17.2 Å². The summed E-state index contributed by atoms with van der Waals surface area (Å²) in [6.45, 7) is 0.832. The van der Waals surface area contributed by atoms with Crippen LogP contribution in [-0.4, -0.2) is 45.5 Å². The molecule has 2 aromatic carbocycles. The van der Waals surface area contributed by atoms with Crippen LogP contribution in [0.5, 0.6) is 0 Å². The number of nitrogens with zero attached hydrogens (tertiary/aromatic N) is 4. The van der Waals surface area contributed by atoms with Gasteiger partial charge in [-0.3, -0.25) is 14.2 Å². The molecule has 3 heterocycles. The molecule has 1 amide bonds. The van der Waals surface area contributed by atoms with Crippen LogP contribution in [0.25, 0.3) is 11.6 Å². The molecule has 0 N–H and O–H groups in total. The fraction of sp³-hybridized carbons (Fsp3) is 0.200. The van der Waals surface area contributed by atoms with E-state index in [0.717, 1.165) is 23.2 Å². The second-order valence-electron chi connectivity index (χ2n) is 7.73. The first kappa shape index (κ1) is 22.0. The molecule has 5 rings (SSSR count). The average Bonchev–Trinajstić information content (AvgIpc) is 3.62. The highest BCUT2D eigenvalue weighted by Crippen LogP contribution is 2.28. The van der Waals surface area contributed by atoms with Crippen LogP contribution in [-0.2, 0) is 27.3 Å². The third-order valence-electron chi connectivity index (χ3n) is 5.51. The summed E-state index contributed by atoms with van der Waals surface area (Å²) in [4.78, 5) is 26.6. The molecule has 0 fully saturated rings. The molecule has 1 aliphatic heterocycles. The molecule has 0 aliphatic carbocycles. The highest BCUT2D eigenvalue weighted by Gasteiger charge is 2.25. The van der Waals surface area contributed by atoms with Gasteiger partial charge in [0.15, 0.2) is 17.5 Å². The number of furan rings is 1. The number of fused-ring (bicyclic) bond motifs is 1. The van der Waals surface area contributed by atoms with Gasteiger partial charge in [0.05, 0.1) is 18.6 Å². The summed E-state index contributed by atoms with van der Waals surface area (Å²) < 4.78 is 12.7. The normalized spacial score (nSPS) is 12.5. The molecule has 9 heteroatoms. The number of benzene rings is 2. The van der Waals surface area contributed by atoms with E-state index < -0.39 is 5.97 Å². The number of hydrogen-bond donors (Lipinski definition) is 0. The van der Waals surface area contributed by atoms with E-state index in [9.17, 15) is 9.59 Å². The summed E-state index contributed by atoms with van der Waals surface area (Å²) >= 11 is 1.21. The van der Waals surface area contributed by atoms with Crippen molar-refractivity contribution in [2.75, 3.05) is 23.8 Å². The fourth-order valence-electron chi connectivity index (χ4n) is 3.87. The van der Waals surface area contributed by atoms with Gasteiger partial charge in [-0.25, -0.2) is 0 Å². The summed E-state index contributed by atoms with van der Waals surface area (Å²) in [5, 5.41) is 9.08. The predicted octanol–water partition coefficient (Wildman–Crippen LogP) is 3.81. The molecule has 2 aromatic heterocycles. The fourth-order valence-corrected chi connectivity index (χ4v) is 4.61. The molecule has 0 radical (unpaired) electrons. The van der Waals surface area contributed by atoms with Crippen molar-refractivity contribution in [1.82, 2.24) is 14.8 Å². The molecule has 0 bridgehead atoms. The number of para-hydroxylation sites is 1. The molecule has 8 nitrogen and oxygen atoms in total. The van der Waals surface area contributed by atoms with Crippen LogP contribution in [0.4, 0.5) is 5.69 Å². The smallest absolute Gasteiger partial charge is 0.316 e. The maximum atomic E-state index is 12.6. The lowest BCUT2D eigenvalue weighted by atomic mass is 10.2. The summed E-state index contributed by atoms with van der Waals surface area (Å²) in [5.41, 5.74) is 3.08. The SMILES string of the molecule is O=C(CSc1nnc(-c2ccco2)n1Cc1ccccc1)OCC(=O)N1CCc2ccccc21. The first-order valence-electron chi connectivity index (χ1n) is 10.9. The molecule has 0 saturated carbocycles. The van der Waals surface area contributed by atoms with Gasteiger partial charge in [-0.05, 0) is 35.7 Å². The first-order valence-corrected chi connectivity index (χ1v) is 11.9. The Bertz CT molecular complexity index is 1290. The lowest BCUT2D eigenvalue weighted by Crippen LogP contribution is -2.33. The van der Waals surface area contributed by atoms with Crippen molar-refractivity contribution >= 4 is 29.3 Å². The minimum absolute atomic E-state index is 0.00887. The monoisotopic (exact) mass is 474 g/mol. The van der Waals surface area contributed by atoms with Crippen LogP contribution in [0.3, 0.4) is 0 Å². The summed E-state index contributed by atoms with van der Waals surface area (Å²) in [6.07, 6.45) is 2.39. The number of esters is 1. The van der Waals surface area contributed by atoms with Gasteiger partial charge in [0.2, 0.25) is 5.82 Å². The van der Waals surface area contributed by atoms with E-state index in [1.165, 1.54) is 11.8 Å². The third-order valence-corrected chi connectivity index (χ3v) is 6.45. The second-order valence-corrected chi connectivity index (χ2v) is 8.67. The summed E-state index contributed by atoms with van der Waals surface area (Å²) in [5.74, 6) is 0.465. The van der Waals surface area contributed by atoms with E-state index >= 15 is 0 Å². The number of hydrogen-bond acceptors (Lipinski definition) is 7. The molecule has 0 unspecified atom stereocenters. The average molecular weight is 475 g/mol.